The molecule has 4 nitrogen and oxygen atoms in total. The van der Waals surface area contributed by atoms with Crippen molar-refractivity contribution in [1.29, 1.82) is 5.41 Å². The zero-order valence-corrected chi connectivity index (χ0v) is 7.43. The Labute approximate surface area is 75.9 Å². The number of rotatable bonds is 2. The summed E-state index contributed by atoms with van der Waals surface area (Å²) in [4.78, 5) is 3.93. The maximum absolute atomic E-state index is 7.02. The minimum Gasteiger partial charge on any atom is -0.481 e. The quantitative estimate of drug-likeness (QED) is 0.368. The van der Waals surface area contributed by atoms with Gasteiger partial charge in [-0.15, -0.1) is 12.6 Å². The van der Waals surface area contributed by atoms with Gasteiger partial charge in [-0.1, -0.05) is 0 Å². The van der Waals surface area contributed by atoms with Crippen LogP contribution in [0, 0.1) is 5.41 Å². The second-order valence-corrected chi connectivity index (χ2v) is 2.51. The number of ether oxygens (including phenoxy) is 1. The first kappa shape index (κ1) is 8.86. The van der Waals surface area contributed by atoms with Gasteiger partial charge in [0, 0.05) is 6.07 Å². The molecule has 0 spiro atoms. The van der Waals surface area contributed by atoms with Crippen LogP contribution in [0.3, 0.4) is 0 Å². The number of thiol groups is 1. The largest absolute Gasteiger partial charge is 0.481 e. The summed E-state index contributed by atoms with van der Waals surface area (Å²) in [6.45, 7) is 0. The number of aromatic nitrogens is 1. The number of methoxy groups -OCH3 is 1. The molecule has 0 aliphatic heterocycles. The summed E-state index contributed by atoms with van der Waals surface area (Å²) in [5.74, 6) is 0.547. The number of pyridine rings is 1. The maximum atomic E-state index is 7.02. The molecule has 1 rings (SSSR count). The Hall–Kier alpha value is -1.23. The Bertz CT molecular complexity index is 272. The summed E-state index contributed by atoms with van der Waals surface area (Å²) in [6.07, 6.45) is 1.57. The van der Waals surface area contributed by atoms with Crippen LogP contribution in [0.2, 0.25) is 0 Å². The van der Waals surface area contributed by atoms with E-state index in [1.807, 2.05) is 0 Å². The smallest absolute Gasteiger partial charge is 0.213 e. The minimum atomic E-state index is 0.0852. The molecule has 0 saturated carbocycles. The zero-order valence-electron chi connectivity index (χ0n) is 6.53. The number of nitrogens with one attached hydrogen (secondary N) is 2. The lowest BCUT2D eigenvalue weighted by Crippen LogP contribution is -2.02. The first-order valence-corrected chi connectivity index (χ1v) is 3.71. The van der Waals surface area contributed by atoms with Crippen molar-refractivity contribution >= 4 is 23.5 Å². The topological polar surface area (TPSA) is 58.0 Å². The molecule has 1 aromatic rings. The molecule has 2 N–H and O–H groups in total. The van der Waals surface area contributed by atoms with Crippen LogP contribution in [0.1, 0.15) is 0 Å². The molecular weight excluding hydrogens is 174 g/mol. The minimum absolute atomic E-state index is 0.0852. The molecule has 0 fully saturated rings. The van der Waals surface area contributed by atoms with Crippen molar-refractivity contribution in [3.63, 3.8) is 0 Å². The van der Waals surface area contributed by atoms with E-state index in [1.54, 1.807) is 25.4 Å². The average molecular weight is 183 g/mol. The average Bonchev–Trinajstić information content (AvgIpc) is 2.05. The van der Waals surface area contributed by atoms with Crippen molar-refractivity contribution in [3.8, 4) is 5.88 Å². The second-order valence-electron chi connectivity index (χ2n) is 2.06. The van der Waals surface area contributed by atoms with Crippen molar-refractivity contribution in [3.05, 3.63) is 18.3 Å². The highest BCUT2D eigenvalue weighted by Gasteiger charge is 1.94. The third-order valence-electron chi connectivity index (χ3n) is 1.21. The monoisotopic (exact) mass is 183 g/mol. The molecule has 5 heteroatoms. The highest BCUT2D eigenvalue weighted by atomic mass is 32.1. The van der Waals surface area contributed by atoms with E-state index >= 15 is 0 Å². The van der Waals surface area contributed by atoms with E-state index < -0.39 is 0 Å². The highest BCUT2D eigenvalue weighted by molar-refractivity contribution is 7.97. The molecule has 0 radical (unpaired) electrons. The van der Waals surface area contributed by atoms with E-state index in [0.717, 1.165) is 5.69 Å². The summed E-state index contributed by atoms with van der Waals surface area (Å²) < 4.78 is 4.86. The van der Waals surface area contributed by atoms with Gasteiger partial charge in [0.05, 0.1) is 19.0 Å². The molecule has 0 aromatic carbocycles. The lowest BCUT2D eigenvalue weighted by Gasteiger charge is -2.02. The van der Waals surface area contributed by atoms with Gasteiger partial charge in [-0.25, -0.2) is 4.98 Å². The van der Waals surface area contributed by atoms with Crippen LogP contribution in [-0.4, -0.2) is 17.3 Å². The van der Waals surface area contributed by atoms with Crippen molar-refractivity contribution in [2.45, 2.75) is 0 Å². The molecule has 1 heterocycles. The van der Waals surface area contributed by atoms with Gasteiger partial charge in [-0.05, 0) is 6.07 Å². The van der Waals surface area contributed by atoms with Crippen LogP contribution >= 0.6 is 12.6 Å². The summed E-state index contributed by atoms with van der Waals surface area (Å²) in [7, 11) is 1.55. The first-order chi connectivity index (χ1) is 5.72. The van der Waals surface area contributed by atoms with E-state index in [4.69, 9.17) is 10.1 Å². The number of nitrogens with zero attached hydrogens (tertiary/aromatic N) is 1. The predicted molar refractivity (Wildman–Crippen MR) is 51.1 cm³/mol. The van der Waals surface area contributed by atoms with Crippen LogP contribution < -0.4 is 10.1 Å². The Morgan fingerprint density at radius 1 is 1.67 bits per heavy atom. The van der Waals surface area contributed by atoms with Crippen molar-refractivity contribution in [2.24, 2.45) is 0 Å². The highest BCUT2D eigenvalue weighted by Crippen LogP contribution is 2.10. The van der Waals surface area contributed by atoms with Crippen LogP contribution in [0.15, 0.2) is 18.3 Å². The van der Waals surface area contributed by atoms with Crippen LogP contribution in [0.4, 0.5) is 5.69 Å². The lowest BCUT2D eigenvalue weighted by atomic mass is 10.4. The Kier molecular flexibility index (Phi) is 2.93. The molecule has 0 unspecified atom stereocenters. The number of hydrogen-bond donors (Lipinski definition) is 3. The van der Waals surface area contributed by atoms with Gasteiger partial charge in [0.25, 0.3) is 0 Å². The molecule has 0 atom stereocenters. The second kappa shape index (κ2) is 3.96. The number of anilines is 1. The third-order valence-corrected chi connectivity index (χ3v) is 1.32. The molecule has 0 aliphatic rings. The van der Waals surface area contributed by atoms with Gasteiger partial charge in [0.1, 0.15) is 0 Å². The van der Waals surface area contributed by atoms with Crippen LogP contribution in [-0.2, 0) is 0 Å². The number of amidine groups is 1. The predicted octanol–water partition coefficient (Wildman–Crippen LogP) is 1.37. The Balaban J connectivity index is 2.71. The standard InChI is InChI=1S/C7H9N3OS/c1-11-6-3-2-5(4-9-6)10-7(8)12/h2-4H,1H3,(H3,8,10,12). The van der Waals surface area contributed by atoms with Crippen LogP contribution in [0.5, 0.6) is 5.88 Å². The van der Waals surface area contributed by atoms with Crippen LogP contribution in [0.25, 0.3) is 0 Å². The first-order valence-electron chi connectivity index (χ1n) is 3.27. The normalized spacial score (nSPS) is 9.17. The fourth-order valence-electron chi connectivity index (χ4n) is 0.712. The van der Waals surface area contributed by atoms with E-state index in [2.05, 4.69) is 22.9 Å². The number of hydrogen-bond acceptors (Lipinski definition) is 3. The van der Waals surface area contributed by atoms with Gasteiger partial charge in [0.15, 0.2) is 5.17 Å². The summed E-state index contributed by atoms with van der Waals surface area (Å²) >= 11 is 3.77. The molecule has 0 amide bonds. The zero-order chi connectivity index (χ0) is 8.97. The van der Waals surface area contributed by atoms with E-state index in [-0.39, 0.29) is 5.17 Å². The SMILES string of the molecule is COc1ccc(NC(=N)S)cn1. The summed E-state index contributed by atoms with van der Waals surface area (Å²) in [5.41, 5.74) is 0.718. The van der Waals surface area contributed by atoms with Gasteiger partial charge in [-0.2, -0.15) is 0 Å². The molecule has 64 valence electrons. The van der Waals surface area contributed by atoms with E-state index in [1.165, 1.54) is 0 Å². The molecule has 0 saturated heterocycles. The Morgan fingerprint density at radius 2 is 2.42 bits per heavy atom. The molecule has 0 bridgehead atoms. The molecule has 0 aliphatic carbocycles. The van der Waals surface area contributed by atoms with Gasteiger partial charge >= 0.3 is 0 Å². The van der Waals surface area contributed by atoms with Crippen molar-refractivity contribution < 1.29 is 4.74 Å². The van der Waals surface area contributed by atoms with Gasteiger partial charge < -0.3 is 10.1 Å². The Morgan fingerprint density at radius 3 is 2.83 bits per heavy atom. The summed E-state index contributed by atoms with van der Waals surface area (Å²) in [6, 6.07) is 3.47. The molecule has 12 heavy (non-hydrogen) atoms. The van der Waals surface area contributed by atoms with Gasteiger partial charge in [0.2, 0.25) is 5.88 Å². The van der Waals surface area contributed by atoms with Crippen molar-refractivity contribution in [2.75, 3.05) is 12.4 Å². The lowest BCUT2D eigenvalue weighted by molar-refractivity contribution is 0.398. The molecule has 1 aromatic heterocycles. The molecular formula is C7H9N3OS. The van der Waals surface area contributed by atoms with E-state index in [9.17, 15) is 0 Å². The summed E-state index contributed by atoms with van der Waals surface area (Å²) in [5, 5.41) is 9.80. The maximum Gasteiger partial charge on any atom is 0.213 e. The fraction of sp³-hybridized carbons (Fsp3) is 0.143. The third kappa shape index (κ3) is 2.43. The van der Waals surface area contributed by atoms with E-state index in [0.29, 0.717) is 5.88 Å². The van der Waals surface area contributed by atoms with Gasteiger partial charge in [-0.3, -0.25) is 5.41 Å². The fourth-order valence-corrected chi connectivity index (χ4v) is 0.841. The van der Waals surface area contributed by atoms with Crippen molar-refractivity contribution in [1.82, 2.24) is 4.98 Å².